The molecule has 11 heavy (non-hydrogen) atoms. The van der Waals surface area contributed by atoms with Crippen LogP contribution >= 0.6 is 15.8 Å². The van der Waals surface area contributed by atoms with E-state index < -0.39 is 15.8 Å². The molecule has 60 valence electrons. The Kier molecular flexibility index (Phi) is 28.3. The van der Waals surface area contributed by atoms with Gasteiger partial charge in [-0.05, 0) is 0 Å². The molecule has 0 radical (unpaired) electrons. The second kappa shape index (κ2) is 17.3. The van der Waals surface area contributed by atoms with Crippen molar-refractivity contribution in [2.75, 3.05) is 0 Å². The molecule has 0 bridgehead atoms. The Bertz CT molecular complexity index is 164. The molecule has 0 rings (SSSR count). The average molecular weight is 356 g/mol. The predicted octanol–water partition coefficient (Wildman–Crippen LogP) is 0.936. The molecule has 7 nitrogen and oxygen atoms in total. The summed E-state index contributed by atoms with van der Waals surface area (Å²) in [6, 6.07) is 0. The minimum atomic E-state index is -3.24. The summed E-state index contributed by atoms with van der Waals surface area (Å²) >= 11 is 0.600. The standard InChI is InChI=1S/O5P2.2O.2Zr/c1-6(2)5-7(3)4;;;;. The van der Waals surface area contributed by atoms with Crippen LogP contribution in [0.1, 0.15) is 0 Å². The number of rotatable bonds is 2. The van der Waals surface area contributed by atoms with Gasteiger partial charge in [-0.15, -0.1) is 0 Å². The Morgan fingerprint density at radius 1 is 0.727 bits per heavy atom. The van der Waals surface area contributed by atoms with E-state index in [1.165, 1.54) is 0 Å². The molecule has 0 atom stereocenters. The molecule has 0 amide bonds. The van der Waals surface area contributed by atoms with Gasteiger partial charge in [-0.2, -0.15) is 4.31 Å². The van der Waals surface area contributed by atoms with Crippen LogP contribution in [-0.4, -0.2) is 0 Å². The molecule has 0 aliphatic heterocycles. The van der Waals surface area contributed by atoms with Crippen molar-refractivity contribution in [1.82, 2.24) is 0 Å². The molecule has 0 aromatic rings. The SMILES string of the molecule is O=P(=O)OP(=O)=O.[O]=[Zr].[O]=[Zr]. The van der Waals surface area contributed by atoms with Gasteiger partial charge in [0, 0.05) is 0 Å². The van der Waals surface area contributed by atoms with Crippen LogP contribution in [0.25, 0.3) is 0 Å². The summed E-state index contributed by atoms with van der Waals surface area (Å²) in [6.45, 7) is 0. The summed E-state index contributed by atoms with van der Waals surface area (Å²) < 4.78 is 56.8. The zero-order valence-corrected chi connectivity index (χ0v) is 11.5. The normalized spacial score (nSPS) is 5.64. The second-order valence-electron chi connectivity index (χ2n) is 0.529. The van der Waals surface area contributed by atoms with Crippen molar-refractivity contribution >= 4 is 15.8 Å². The summed E-state index contributed by atoms with van der Waals surface area (Å²) in [7, 11) is -6.47. The summed E-state index contributed by atoms with van der Waals surface area (Å²) in [5, 5.41) is 0. The van der Waals surface area contributed by atoms with Crippen LogP contribution in [0.4, 0.5) is 0 Å². The van der Waals surface area contributed by atoms with Crippen molar-refractivity contribution in [3.05, 3.63) is 0 Å². The Morgan fingerprint density at radius 2 is 0.909 bits per heavy atom. The Labute approximate surface area is 92.7 Å². The minimum absolute atomic E-state index is 0.300. The van der Waals surface area contributed by atoms with Gasteiger partial charge in [0.25, 0.3) is 0 Å². The topological polar surface area (TPSA) is 112 Å². The van der Waals surface area contributed by atoms with Crippen molar-refractivity contribution in [2.24, 2.45) is 0 Å². The van der Waals surface area contributed by atoms with E-state index in [9.17, 15) is 18.3 Å². The quantitative estimate of drug-likeness (QED) is 0.677. The molecule has 0 aliphatic carbocycles. The monoisotopic (exact) mass is 354 g/mol. The van der Waals surface area contributed by atoms with Crippen LogP contribution < -0.4 is 0 Å². The first-order valence-electron chi connectivity index (χ1n) is 1.50. The molecule has 0 heterocycles. The molecule has 0 fully saturated rings. The van der Waals surface area contributed by atoms with Crippen molar-refractivity contribution in [1.29, 1.82) is 0 Å². The first-order chi connectivity index (χ1) is 5.13. The van der Waals surface area contributed by atoms with Crippen LogP contribution in [-0.2, 0) is 77.6 Å². The van der Waals surface area contributed by atoms with Crippen molar-refractivity contribution in [2.45, 2.75) is 0 Å². The average Bonchev–Trinajstić information content (AvgIpc) is 1.93. The number of hydrogen-bond donors (Lipinski definition) is 0. The molecule has 0 unspecified atom stereocenters. The van der Waals surface area contributed by atoms with E-state index in [1.54, 1.807) is 0 Å². The van der Waals surface area contributed by atoms with Crippen molar-refractivity contribution in [3.8, 4) is 0 Å². The fourth-order valence-electron chi connectivity index (χ4n) is 0.0544. The Hall–Kier alpha value is 1.13. The van der Waals surface area contributed by atoms with Gasteiger partial charge >= 0.3 is 70.9 Å². The second-order valence-corrected chi connectivity index (χ2v) is 2.08. The van der Waals surface area contributed by atoms with Crippen LogP contribution in [0.15, 0.2) is 0 Å². The fourth-order valence-corrected chi connectivity index (χ4v) is 0.490. The van der Waals surface area contributed by atoms with Gasteiger partial charge in [-0.25, -0.2) is 18.3 Å². The van der Waals surface area contributed by atoms with E-state index in [-0.39, 0.29) is 0 Å². The fraction of sp³-hybridized carbons (Fsp3) is 0. The van der Waals surface area contributed by atoms with Crippen molar-refractivity contribution < 1.29 is 77.6 Å². The van der Waals surface area contributed by atoms with Crippen LogP contribution in [0.5, 0.6) is 0 Å². The van der Waals surface area contributed by atoms with Gasteiger partial charge < -0.3 is 0 Å². The van der Waals surface area contributed by atoms with E-state index in [4.69, 9.17) is 5.63 Å². The zero-order chi connectivity index (χ0) is 9.86. The van der Waals surface area contributed by atoms with Gasteiger partial charge in [0.2, 0.25) is 0 Å². The maximum atomic E-state index is 9.24. The third-order valence-corrected chi connectivity index (χ3v) is 1.20. The van der Waals surface area contributed by atoms with Crippen LogP contribution in [0.3, 0.4) is 0 Å². The third kappa shape index (κ3) is 35.3. The van der Waals surface area contributed by atoms with E-state index in [2.05, 4.69) is 4.31 Å². The molecule has 0 N–H and O–H groups in total. The molecule has 0 spiro atoms. The van der Waals surface area contributed by atoms with E-state index in [1.807, 2.05) is 0 Å². The van der Waals surface area contributed by atoms with E-state index in [0.29, 0.717) is 49.4 Å². The summed E-state index contributed by atoms with van der Waals surface area (Å²) in [5.74, 6) is 0. The van der Waals surface area contributed by atoms with Gasteiger partial charge in [0.15, 0.2) is 0 Å². The molecule has 11 heteroatoms. The molecule has 0 saturated carbocycles. The molecule has 0 saturated heterocycles. The zero-order valence-electron chi connectivity index (χ0n) is 4.75. The predicted molar refractivity (Wildman–Crippen MR) is 19.0 cm³/mol. The van der Waals surface area contributed by atoms with Crippen molar-refractivity contribution in [3.63, 3.8) is 0 Å². The van der Waals surface area contributed by atoms with Crippen LogP contribution in [0.2, 0.25) is 0 Å². The molecular weight excluding hydrogens is 356 g/mol. The van der Waals surface area contributed by atoms with Gasteiger partial charge in [-0.3, -0.25) is 0 Å². The first-order valence-corrected chi connectivity index (χ1v) is 5.70. The first kappa shape index (κ1) is 18.0. The van der Waals surface area contributed by atoms with E-state index >= 15 is 0 Å². The molecule has 0 aromatic carbocycles. The summed E-state index contributed by atoms with van der Waals surface area (Å²) in [5.41, 5.74) is 0. The van der Waals surface area contributed by atoms with Gasteiger partial charge in [-0.1, -0.05) is 0 Å². The third-order valence-electron chi connectivity index (χ3n) is 0.133. The molecular formula is O7P2Zr2. The Morgan fingerprint density at radius 3 is 0.909 bits per heavy atom. The maximum absolute atomic E-state index is 9.24. The van der Waals surface area contributed by atoms with Gasteiger partial charge in [0.05, 0.1) is 0 Å². The van der Waals surface area contributed by atoms with E-state index in [0.717, 1.165) is 0 Å². The number of hydrogen-bond acceptors (Lipinski definition) is 7. The van der Waals surface area contributed by atoms with Gasteiger partial charge in [0.1, 0.15) is 0 Å². The molecule has 0 aromatic heterocycles. The van der Waals surface area contributed by atoms with Crippen LogP contribution in [0, 0.1) is 0 Å². The summed E-state index contributed by atoms with van der Waals surface area (Å²) in [4.78, 5) is 0. The summed E-state index contributed by atoms with van der Waals surface area (Å²) in [6.07, 6.45) is 0. The Balaban J connectivity index is -0.000000138. The molecule has 0 aliphatic rings.